The molecule has 1 aliphatic rings. The van der Waals surface area contributed by atoms with Gasteiger partial charge in [-0.25, -0.2) is 8.42 Å². The first-order valence-electron chi connectivity index (χ1n) is 8.74. The highest BCUT2D eigenvalue weighted by atomic mass is 35.5. The van der Waals surface area contributed by atoms with E-state index in [0.29, 0.717) is 36.8 Å². The maximum absolute atomic E-state index is 13.0. The summed E-state index contributed by atoms with van der Waals surface area (Å²) in [6.07, 6.45) is 0.850. The Morgan fingerprint density at radius 1 is 1.15 bits per heavy atom. The molecule has 0 atom stereocenters. The van der Waals surface area contributed by atoms with E-state index in [-0.39, 0.29) is 29.5 Å². The van der Waals surface area contributed by atoms with E-state index in [9.17, 15) is 13.2 Å². The third-order valence-electron chi connectivity index (χ3n) is 4.64. The fraction of sp³-hybridized carbons (Fsp3) is 0.444. The van der Waals surface area contributed by atoms with Gasteiger partial charge in [0, 0.05) is 31.2 Å². The minimum atomic E-state index is -3.69. The molecule has 2 aromatic rings. The molecule has 27 heavy (non-hydrogen) atoms. The van der Waals surface area contributed by atoms with E-state index in [4.69, 9.17) is 16.1 Å². The van der Waals surface area contributed by atoms with Crippen molar-refractivity contribution in [2.75, 3.05) is 26.2 Å². The number of rotatable bonds is 4. The number of carbonyl (C=O) groups excluding carboxylic acids is 1. The van der Waals surface area contributed by atoms with Crippen LogP contribution in [0, 0.1) is 13.8 Å². The van der Waals surface area contributed by atoms with Gasteiger partial charge in [0.2, 0.25) is 15.9 Å². The lowest BCUT2D eigenvalue weighted by atomic mass is 10.1. The molecule has 1 saturated heterocycles. The Morgan fingerprint density at radius 2 is 1.85 bits per heavy atom. The zero-order valence-corrected chi connectivity index (χ0v) is 16.9. The molecule has 0 spiro atoms. The van der Waals surface area contributed by atoms with Gasteiger partial charge in [0.25, 0.3) is 0 Å². The van der Waals surface area contributed by atoms with Crippen LogP contribution >= 0.6 is 11.6 Å². The van der Waals surface area contributed by atoms with E-state index in [1.807, 2.05) is 12.1 Å². The van der Waals surface area contributed by atoms with Crippen LogP contribution in [0.3, 0.4) is 0 Å². The van der Waals surface area contributed by atoms with Gasteiger partial charge in [-0.05, 0) is 38.0 Å². The fourth-order valence-corrected chi connectivity index (χ4v) is 5.13. The number of halogens is 1. The highest BCUT2D eigenvalue weighted by molar-refractivity contribution is 7.89. The Balaban J connectivity index is 1.68. The molecule has 0 unspecified atom stereocenters. The van der Waals surface area contributed by atoms with E-state index in [1.165, 1.54) is 4.31 Å². The second kappa shape index (κ2) is 8.00. The first kappa shape index (κ1) is 19.9. The predicted octanol–water partition coefficient (Wildman–Crippen LogP) is 2.41. The minimum absolute atomic E-state index is 0.0195. The smallest absolute Gasteiger partial charge is 0.248 e. The lowest BCUT2D eigenvalue weighted by molar-refractivity contribution is -0.130. The summed E-state index contributed by atoms with van der Waals surface area (Å²) >= 11 is 5.87. The van der Waals surface area contributed by atoms with Crippen LogP contribution in [0.1, 0.15) is 23.4 Å². The number of hydrogen-bond acceptors (Lipinski definition) is 5. The first-order valence-corrected chi connectivity index (χ1v) is 10.6. The van der Waals surface area contributed by atoms with Gasteiger partial charge in [-0.1, -0.05) is 28.9 Å². The van der Waals surface area contributed by atoms with Gasteiger partial charge in [0.1, 0.15) is 10.6 Å². The Labute approximate surface area is 163 Å². The van der Waals surface area contributed by atoms with E-state index in [2.05, 4.69) is 5.16 Å². The summed E-state index contributed by atoms with van der Waals surface area (Å²) in [5, 5.41) is 4.37. The molecule has 1 aliphatic heterocycles. The molecular weight excluding hydrogens is 390 g/mol. The molecule has 1 fully saturated rings. The zero-order chi connectivity index (χ0) is 19.6. The van der Waals surface area contributed by atoms with Crippen molar-refractivity contribution in [2.45, 2.75) is 31.6 Å². The van der Waals surface area contributed by atoms with Crippen molar-refractivity contribution >= 4 is 27.5 Å². The highest BCUT2D eigenvalue weighted by Gasteiger charge is 2.32. The van der Waals surface area contributed by atoms with Gasteiger partial charge in [-0.15, -0.1) is 0 Å². The summed E-state index contributed by atoms with van der Waals surface area (Å²) in [5.74, 6) is 0.265. The second-order valence-electron chi connectivity index (χ2n) is 6.59. The number of carbonyl (C=O) groups is 1. The second-order valence-corrected chi connectivity index (χ2v) is 8.91. The molecular formula is C18H22ClN3O4S. The zero-order valence-electron chi connectivity index (χ0n) is 15.3. The lowest BCUT2D eigenvalue weighted by Crippen LogP contribution is -2.38. The van der Waals surface area contributed by atoms with Crippen molar-refractivity contribution in [3.63, 3.8) is 0 Å². The standard InChI is InChI=1S/C18H22ClN3O4S/c1-13-18(14(2)26-20-13)27(24,25)22-9-3-8-21(10-11-22)17(23)12-15-4-6-16(19)7-5-15/h4-7H,3,8-12H2,1-2H3. The number of hydrogen-bond donors (Lipinski definition) is 0. The number of aryl methyl sites for hydroxylation is 2. The highest BCUT2D eigenvalue weighted by Crippen LogP contribution is 2.24. The van der Waals surface area contributed by atoms with Crippen molar-refractivity contribution in [2.24, 2.45) is 0 Å². The average molecular weight is 412 g/mol. The quantitative estimate of drug-likeness (QED) is 0.771. The summed E-state index contributed by atoms with van der Waals surface area (Å²) < 4.78 is 32.3. The van der Waals surface area contributed by atoms with Crippen LogP contribution in [0.15, 0.2) is 33.7 Å². The predicted molar refractivity (Wildman–Crippen MR) is 101 cm³/mol. The topological polar surface area (TPSA) is 83.7 Å². The third-order valence-corrected chi connectivity index (χ3v) is 7.04. The van der Waals surface area contributed by atoms with Gasteiger partial charge >= 0.3 is 0 Å². The van der Waals surface area contributed by atoms with Gasteiger partial charge in [0.05, 0.1) is 6.42 Å². The van der Waals surface area contributed by atoms with E-state index in [0.717, 1.165) is 5.56 Å². The Hall–Kier alpha value is -1.90. The summed E-state index contributed by atoms with van der Waals surface area (Å²) in [6, 6.07) is 7.16. The Morgan fingerprint density at radius 3 is 2.48 bits per heavy atom. The molecule has 0 radical (unpaired) electrons. The van der Waals surface area contributed by atoms with Crippen LogP contribution in [0.4, 0.5) is 0 Å². The summed E-state index contributed by atoms with van der Waals surface area (Å²) in [4.78, 5) is 14.4. The molecule has 7 nitrogen and oxygen atoms in total. The average Bonchev–Trinajstić information content (AvgIpc) is 2.83. The Bertz CT molecular complexity index is 905. The third kappa shape index (κ3) is 4.34. The molecule has 0 saturated carbocycles. The van der Waals surface area contributed by atoms with Crippen molar-refractivity contribution < 1.29 is 17.7 Å². The summed E-state index contributed by atoms with van der Waals surface area (Å²) in [5.41, 5.74) is 1.24. The number of nitrogens with zero attached hydrogens (tertiary/aromatic N) is 3. The molecule has 9 heteroatoms. The van der Waals surface area contributed by atoms with Gasteiger partial charge < -0.3 is 9.42 Å². The van der Waals surface area contributed by atoms with Crippen LogP contribution in [0.25, 0.3) is 0 Å². The van der Waals surface area contributed by atoms with Crippen molar-refractivity contribution in [1.82, 2.24) is 14.4 Å². The maximum Gasteiger partial charge on any atom is 0.248 e. The Kier molecular flexibility index (Phi) is 5.88. The van der Waals surface area contributed by atoms with E-state index < -0.39 is 10.0 Å². The number of benzene rings is 1. The molecule has 3 rings (SSSR count). The first-order chi connectivity index (χ1) is 12.8. The van der Waals surface area contributed by atoms with Crippen LogP contribution in [-0.2, 0) is 21.2 Å². The molecule has 1 aromatic heterocycles. The lowest BCUT2D eigenvalue weighted by Gasteiger charge is -2.22. The van der Waals surface area contributed by atoms with Crippen molar-refractivity contribution in [3.8, 4) is 0 Å². The number of amides is 1. The van der Waals surface area contributed by atoms with Crippen LogP contribution < -0.4 is 0 Å². The van der Waals surface area contributed by atoms with Gasteiger partial charge in [-0.3, -0.25) is 4.79 Å². The van der Waals surface area contributed by atoms with E-state index in [1.54, 1.807) is 30.9 Å². The summed E-state index contributed by atoms with van der Waals surface area (Å²) in [7, 11) is -3.69. The van der Waals surface area contributed by atoms with Crippen LogP contribution in [0.2, 0.25) is 5.02 Å². The SMILES string of the molecule is Cc1noc(C)c1S(=O)(=O)N1CCCN(C(=O)Cc2ccc(Cl)cc2)CC1. The van der Waals surface area contributed by atoms with Gasteiger partial charge in [-0.2, -0.15) is 4.31 Å². The maximum atomic E-state index is 13.0. The molecule has 1 amide bonds. The molecule has 0 aliphatic carbocycles. The van der Waals surface area contributed by atoms with E-state index >= 15 is 0 Å². The summed E-state index contributed by atoms with van der Waals surface area (Å²) in [6.45, 7) is 4.70. The monoisotopic (exact) mass is 411 g/mol. The number of sulfonamides is 1. The van der Waals surface area contributed by atoms with Crippen molar-refractivity contribution in [3.05, 3.63) is 46.3 Å². The largest absolute Gasteiger partial charge is 0.360 e. The number of aromatic nitrogens is 1. The fourth-order valence-electron chi connectivity index (χ4n) is 3.24. The molecule has 146 valence electrons. The molecule has 0 N–H and O–H groups in total. The molecule has 1 aromatic carbocycles. The van der Waals surface area contributed by atoms with Crippen LogP contribution in [0.5, 0.6) is 0 Å². The molecule has 2 heterocycles. The molecule has 0 bridgehead atoms. The van der Waals surface area contributed by atoms with Crippen molar-refractivity contribution in [1.29, 1.82) is 0 Å². The normalized spacial score (nSPS) is 16.3. The minimum Gasteiger partial charge on any atom is -0.360 e. The van der Waals surface area contributed by atoms with Gasteiger partial charge in [0.15, 0.2) is 5.76 Å². The van der Waals surface area contributed by atoms with Crippen LogP contribution in [-0.4, -0.2) is 54.9 Å².